The van der Waals surface area contributed by atoms with Gasteiger partial charge < -0.3 is 5.32 Å². The zero-order valence-electron chi connectivity index (χ0n) is 16.4. The van der Waals surface area contributed by atoms with Crippen LogP contribution in [0.1, 0.15) is 43.7 Å². The maximum atomic E-state index is 14.0. The number of anilines is 1. The first kappa shape index (κ1) is 18.6. The Bertz CT molecular complexity index is 1210. The van der Waals surface area contributed by atoms with Crippen LogP contribution in [0.4, 0.5) is 10.1 Å². The zero-order chi connectivity index (χ0) is 20.3. The molecule has 3 aromatic rings. The maximum Gasteiger partial charge on any atom is 0.162 e. The number of benzene rings is 3. The molecule has 0 spiro atoms. The van der Waals surface area contributed by atoms with Crippen LogP contribution in [0.2, 0.25) is 0 Å². The normalized spacial score (nSPS) is 20.3. The van der Waals surface area contributed by atoms with Crippen molar-refractivity contribution in [3.8, 4) is 0 Å². The lowest BCUT2D eigenvalue weighted by atomic mass is 9.68. The van der Waals surface area contributed by atoms with Crippen LogP contribution in [-0.2, 0) is 4.79 Å². The van der Waals surface area contributed by atoms with E-state index >= 15 is 0 Å². The Balaban J connectivity index is 1.82. The van der Waals surface area contributed by atoms with E-state index in [0.717, 1.165) is 45.3 Å². The van der Waals surface area contributed by atoms with Crippen LogP contribution in [0.25, 0.3) is 10.8 Å². The van der Waals surface area contributed by atoms with Gasteiger partial charge in [0.1, 0.15) is 5.82 Å². The summed E-state index contributed by atoms with van der Waals surface area (Å²) in [7, 11) is 0. The molecule has 3 aromatic carbocycles. The van der Waals surface area contributed by atoms with Gasteiger partial charge in [0.05, 0.1) is 4.47 Å². The van der Waals surface area contributed by atoms with E-state index in [2.05, 4.69) is 59.4 Å². The number of nitrogens with one attached hydrogen (secondary N) is 1. The van der Waals surface area contributed by atoms with E-state index in [1.165, 1.54) is 6.07 Å². The monoisotopic (exact) mass is 449 g/mol. The van der Waals surface area contributed by atoms with Gasteiger partial charge in [-0.05, 0) is 67.9 Å². The number of ketones is 1. The summed E-state index contributed by atoms with van der Waals surface area (Å²) in [6.07, 6.45) is 1.34. The Morgan fingerprint density at radius 1 is 1.07 bits per heavy atom. The highest BCUT2D eigenvalue weighted by Gasteiger charge is 2.41. The van der Waals surface area contributed by atoms with Crippen molar-refractivity contribution >= 4 is 38.2 Å². The highest BCUT2D eigenvalue weighted by Crippen LogP contribution is 2.51. The fourth-order valence-electron chi connectivity index (χ4n) is 4.83. The molecule has 0 amide bonds. The average molecular weight is 450 g/mol. The number of fused-ring (bicyclic) bond motifs is 3. The smallest absolute Gasteiger partial charge is 0.162 e. The molecule has 0 radical (unpaired) electrons. The molecule has 1 aliphatic carbocycles. The summed E-state index contributed by atoms with van der Waals surface area (Å²) in [5.74, 6) is -0.341. The van der Waals surface area contributed by atoms with Crippen molar-refractivity contribution in [1.29, 1.82) is 0 Å². The molecule has 0 aromatic heterocycles. The second kappa shape index (κ2) is 6.53. The molecule has 0 saturated carbocycles. The minimum absolute atomic E-state index is 0.0782. The van der Waals surface area contributed by atoms with Crippen LogP contribution in [0, 0.1) is 11.2 Å². The SMILES string of the molecule is CC1(C)CC(=O)C2=C(C1)Nc1ccc3ccccc3c1[C@H]2c1ccc(F)c(Br)c1. The minimum Gasteiger partial charge on any atom is -0.358 e. The lowest BCUT2D eigenvalue weighted by Crippen LogP contribution is -2.33. The van der Waals surface area contributed by atoms with Crippen molar-refractivity contribution in [2.75, 3.05) is 5.32 Å². The van der Waals surface area contributed by atoms with Crippen LogP contribution < -0.4 is 5.32 Å². The Morgan fingerprint density at radius 2 is 1.86 bits per heavy atom. The van der Waals surface area contributed by atoms with Crippen LogP contribution >= 0.6 is 15.9 Å². The van der Waals surface area contributed by atoms with Crippen molar-refractivity contribution in [3.63, 3.8) is 0 Å². The Labute approximate surface area is 177 Å². The van der Waals surface area contributed by atoms with Gasteiger partial charge in [-0.3, -0.25) is 4.79 Å². The van der Waals surface area contributed by atoms with Crippen molar-refractivity contribution in [3.05, 3.63) is 87.3 Å². The summed E-state index contributed by atoms with van der Waals surface area (Å²) in [4.78, 5) is 13.3. The number of allylic oxidation sites excluding steroid dienone is 2. The lowest BCUT2D eigenvalue weighted by molar-refractivity contribution is -0.118. The first-order valence-electron chi connectivity index (χ1n) is 9.84. The number of carbonyl (C=O) groups is 1. The molecule has 0 saturated heterocycles. The third kappa shape index (κ3) is 3.01. The Morgan fingerprint density at radius 3 is 2.66 bits per heavy atom. The third-order valence-electron chi connectivity index (χ3n) is 6.03. The average Bonchev–Trinajstić information content (AvgIpc) is 2.67. The number of hydrogen-bond donors (Lipinski definition) is 1. The van der Waals surface area contributed by atoms with Crippen LogP contribution in [0.3, 0.4) is 0 Å². The van der Waals surface area contributed by atoms with E-state index in [1.807, 2.05) is 18.2 Å². The molecule has 146 valence electrons. The van der Waals surface area contributed by atoms with Crippen LogP contribution in [0.15, 0.2) is 70.3 Å². The summed E-state index contributed by atoms with van der Waals surface area (Å²) in [5.41, 5.74) is 4.79. The highest BCUT2D eigenvalue weighted by molar-refractivity contribution is 9.10. The Hall–Kier alpha value is -2.46. The molecule has 5 rings (SSSR count). The molecule has 2 nitrogen and oxygen atoms in total. The number of rotatable bonds is 1. The van der Waals surface area contributed by atoms with E-state index < -0.39 is 0 Å². The molecular weight excluding hydrogens is 429 g/mol. The van der Waals surface area contributed by atoms with Crippen molar-refractivity contribution in [2.24, 2.45) is 5.41 Å². The van der Waals surface area contributed by atoms with Gasteiger partial charge in [0.25, 0.3) is 0 Å². The number of halogens is 2. The standard InChI is InChI=1S/C25H21BrFNO/c1-25(2)12-20-24(21(29)13-25)22(15-7-9-18(27)17(26)11-15)23-16-6-4-3-5-14(16)8-10-19(23)28-20/h3-11,22,28H,12-13H2,1-2H3/t22-/m1/s1. The van der Waals surface area contributed by atoms with E-state index in [4.69, 9.17) is 0 Å². The molecule has 2 aliphatic rings. The summed E-state index contributed by atoms with van der Waals surface area (Å²) < 4.78 is 14.4. The minimum atomic E-state index is -0.300. The van der Waals surface area contributed by atoms with Gasteiger partial charge >= 0.3 is 0 Å². The molecule has 1 aliphatic heterocycles. The molecule has 1 atom stereocenters. The second-order valence-electron chi connectivity index (χ2n) is 8.81. The van der Waals surface area contributed by atoms with Gasteiger partial charge in [-0.25, -0.2) is 4.39 Å². The van der Waals surface area contributed by atoms with Crippen molar-refractivity contribution in [2.45, 2.75) is 32.6 Å². The first-order valence-corrected chi connectivity index (χ1v) is 10.6. The first-order chi connectivity index (χ1) is 13.8. The van der Waals surface area contributed by atoms with Gasteiger partial charge in [0, 0.05) is 29.3 Å². The quantitative estimate of drug-likeness (QED) is 0.435. The number of Topliss-reactive ketones (excluding diaryl/α,β-unsaturated/α-hetero) is 1. The molecule has 1 N–H and O–H groups in total. The topological polar surface area (TPSA) is 29.1 Å². The third-order valence-corrected chi connectivity index (χ3v) is 6.64. The van der Waals surface area contributed by atoms with Crippen molar-refractivity contribution < 1.29 is 9.18 Å². The highest BCUT2D eigenvalue weighted by atomic mass is 79.9. The summed E-state index contributed by atoms with van der Waals surface area (Å²) in [6, 6.07) is 17.5. The number of carbonyl (C=O) groups excluding carboxylic acids is 1. The van der Waals surface area contributed by atoms with Gasteiger partial charge in [-0.2, -0.15) is 0 Å². The zero-order valence-corrected chi connectivity index (χ0v) is 17.9. The predicted molar refractivity (Wildman–Crippen MR) is 119 cm³/mol. The molecule has 0 bridgehead atoms. The molecule has 1 heterocycles. The summed E-state index contributed by atoms with van der Waals surface area (Å²) in [5, 5.41) is 5.82. The van der Waals surface area contributed by atoms with Crippen molar-refractivity contribution in [1.82, 2.24) is 0 Å². The molecule has 4 heteroatoms. The molecular formula is C25H21BrFNO. The van der Waals surface area contributed by atoms with E-state index in [9.17, 15) is 9.18 Å². The van der Waals surface area contributed by atoms with E-state index in [-0.39, 0.29) is 22.9 Å². The van der Waals surface area contributed by atoms with E-state index in [1.54, 1.807) is 6.07 Å². The van der Waals surface area contributed by atoms with Gasteiger partial charge in [-0.15, -0.1) is 0 Å². The second-order valence-corrected chi connectivity index (χ2v) is 9.67. The summed E-state index contributed by atoms with van der Waals surface area (Å²) in [6.45, 7) is 4.27. The predicted octanol–water partition coefficient (Wildman–Crippen LogP) is 6.94. The van der Waals surface area contributed by atoms with E-state index in [0.29, 0.717) is 10.9 Å². The summed E-state index contributed by atoms with van der Waals surface area (Å²) >= 11 is 3.33. The van der Waals surface area contributed by atoms with Gasteiger partial charge in [0.15, 0.2) is 5.78 Å². The van der Waals surface area contributed by atoms with Gasteiger partial charge in [0.2, 0.25) is 0 Å². The maximum absolute atomic E-state index is 14.0. The van der Waals surface area contributed by atoms with Gasteiger partial charge in [-0.1, -0.05) is 50.2 Å². The van der Waals surface area contributed by atoms with Crippen LogP contribution in [-0.4, -0.2) is 5.78 Å². The molecule has 0 fully saturated rings. The molecule has 29 heavy (non-hydrogen) atoms. The molecule has 0 unspecified atom stereocenters. The Kier molecular flexibility index (Phi) is 4.18. The fraction of sp³-hybridized carbons (Fsp3) is 0.240. The largest absolute Gasteiger partial charge is 0.358 e. The lowest BCUT2D eigenvalue weighted by Gasteiger charge is -2.40. The number of hydrogen-bond acceptors (Lipinski definition) is 2. The fourth-order valence-corrected chi connectivity index (χ4v) is 5.23. The van der Waals surface area contributed by atoms with Crippen LogP contribution in [0.5, 0.6) is 0 Å².